The van der Waals surface area contributed by atoms with Gasteiger partial charge in [-0.15, -0.1) is 0 Å². The molecule has 0 spiro atoms. The molecule has 0 N–H and O–H groups in total. The molecule has 110 valence electrons. The van der Waals surface area contributed by atoms with Crippen LogP contribution in [0.1, 0.15) is 63.3 Å². The summed E-state index contributed by atoms with van der Waals surface area (Å²) in [5.74, 6) is 2.21. The van der Waals surface area contributed by atoms with Crippen LogP contribution in [0.5, 0.6) is 0 Å². The lowest BCUT2D eigenvalue weighted by molar-refractivity contribution is -0.124. The van der Waals surface area contributed by atoms with Crippen molar-refractivity contribution in [2.75, 3.05) is 6.61 Å². The van der Waals surface area contributed by atoms with Crippen LogP contribution in [-0.4, -0.2) is 22.5 Å². The fourth-order valence-corrected chi connectivity index (χ4v) is 2.95. The lowest BCUT2D eigenvalue weighted by Gasteiger charge is -2.18. The van der Waals surface area contributed by atoms with Gasteiger partial charge in [0.15, 0.2) is 0 Å². The van der Waals surface area contributed by atoms with Crippen LogP contribution in [0.3, 0.4) is 0 Å². The number of Topliss-reactive ketones (excluding diaryl/α,β-unsaturated/α-hetero) is 1. The molecule has 0 radical (unpaired) electrons. The molecule has 20 heavy (non-hydrogen) atoms. The minimum atomic E-state index is -0.0282. The molecule has 5 heteroatoms. The highest BCUT2D eigenvalue weighted by Gasteiger charge is 2.36. The highest BCUT2D eigenvalue weighted by Crippen LogP contribution is 2.42. The lowest BCUT2D eigenvalue weighted by atomic mass is 9.86. The Bertz CT molecular complexity index is 467. The van der Waals surface area contributed by atoms with Crippen molar-refractivity contribution in [1.82, 2.24) is 10.1 Å². The van der Waals surface area contributed by atoms with E-state index in [0.717, 1.165) is 19.3 Å². The Morgan fingerprint density at radius 3 is 2.90 bits per heavy atom. The van der Waals surface area contributed by atoms with Gasteiger partial charge in [-0.05, 0) is 38.5 Å². The van der Waals surface area contributed by atoms with E-state index in [4.69, 9.17) is 9.26 Å². The zero-order chi connectivity index (χ0) is 13.9. The first-order chi connectivity index (χ1) is 9.78. The van der Waals surface area contributed by atoms with E-state index in [1.54, 1.807) is 0 Å². The van der Waals surface area contributed by atoms with E-state index in [1.807, 2.05) is 6.92 Å². The number of hydrogen-bond donors (Lipinski definition) is 0. The normalized spacial score (nSPS) is 24.9. The fraction of sp³-hybridized carbons (Fsp3) is 0.800. The number of carbonyl (C=O) groups excluding carboxylic acids is 1. The Morgan fingerprint density at radius 2 is 2.20 bits per heavy atom. The summed E-state index contributed by atoms with van der Waals surface area (Å²) in [7, 11) is 0. The molecule has 2 aliphatic carbocycles. The first-order valence-electron chi connectivity index (χ1n) is 7.74. The molecule has 2 aliphatic rings. The zero-order valence-corrected chi connectivity index (χ0v) is 12.0. The van der Waals surface area contributed by atoms with E-state index in [9.17, 15) is 4.79 Å². The SMILES string of the molecule is CCOC(c1noc(CC2CCCCC2=O)n1)C1CC1. The average molecular weight is 278 g/mol. The summed E-state index contributed by atoms with van der Waals surface area (Å²) in [5, 5.41) is 4.06. The van der Waals surface area contributed by atoms with Crippen LogP contribution < -0.4 is 0 Å². The van der Waals surface area contributed by atoms with Crippen molar-refractivity contribution >= 4 is 5.78 Å². The standard InChI is InChI=1S/C15H22N2O3/c1-2-19-14(10-7-8-10)15-16-13(20-17-15)9-11-5-3-4-6-12(11)18/h10-11,14H,2-9H2,1H3. The Labute approximate surface area is 119 Å². The van der Waals surface area contributed by atoms with Gasteiger partial charge < -0.3 is 9.26 Å². The third-order valence-electron chi connectivity index (χ3n) is 4.24. The number of aromatic nitrogens is 2. The number of hydrogen-bond acceptors (Lipinski definition) is 5. The van der Waals surface area contributed by atoms with E-state index >= 15 is 0 Å². The summed E-state index contributed by atoms with van der Waals surface area (Å²) in [6.45, 7) is 2.64. The van der Waals surface area contributed by atoms with Gasteiger partial charge in [-0.1, -0.05) is 11.6 Å². The van der Waals surface area contributed by atoms with E-state index < -0.39 is 0 Å². The van der Waals surface area contributed by atoms with Gasteiger partial charge in [0.05, 0.1) is 0 Å². The molecule has 2 unspecified atom stereocenters. The molecule has 1 aromatic heterocycles. The Morgan fingerprint density at radius 1 is 1.35 bits per heavy atom. The molecule has 5 nitrogen and oxygen atoms in total. The number of nitrogens with zero attached hydrogens (tertiary/aromatic N) is 2. The Balaban J connectivity index is 1.64. The topological polar surface area (TPSA) is 65.2 Å². The molecule has 0 aliphatic heterocycles. The van der Waals surface area contributed by atoms with Crippen LogP contribution in [0, 0.1) is 11.8 Å². The maximum Gasteiger partial charge on any atom is 0.227 e. The van der Waals surface area contributed by atoms with E-state index in [-0.39, 0.29) is 12.0 Å². The third-order valence-corrected chi connectivity index (χ3v) is 4.24. The lowest BCUT2D eigenvalue weighted by Crippen LogP contribution is -2.21. The van der Waals surface area contributed by atoms with Crippen molar-refractivity contribution in [3.8, 4) is 0 Å². The van der Waals surface area contributed by atoms with E-state index in [0.29, 0.717) is 42.9 Å². The molecule has 0 amide bonds. The maximum atomic E-state index is 11.8. The van der Waals surface area contributed by atoms with Crippen LogP contribution in [0.15, 0.2) is 4.52 Å². The highest BCUT2D eigenvalue weighted by molar-refractivity contribution is 5.81. The van der Waals surface area contributed by atoms with Gasteiger partial charge in [0.1, 0.15) is 11.9 Å². The molecule has 0 bridgehead atoms. The van der Waals surface area contributed by atoms with Gasteiger partial charge >= 0.3 is 0 Å². The van der Waals surface area contributed by atoms with Gasteiger partial charge in [0.2, 0.25) is 11.7 Å². The summed E-state index contributed by atoms with van der Waals surface area (Å²) < 4.78 is 11.1. The molecular formula is C15H22N2O3. The van der Waals surface area contributed by atoms with Gasteiger partial charge in [-0.3, -0.25) is 4.79 Å². The first kappa shape index (κ1) is 13.7. The largest absolute Gasteiger partial charge is 0.370 e. The molecule has 3 rings (SSSR count). The predicted octanol–water partition coefficient (Wildman–Crippen LogP) is 2.86. The molecule has 2 saturated carbocycles. The second-order valence-corrected chi connectivity index (χ2v) is 5.87. The summed E-state index contributed by atoms with van der Waals surface area (Å²) in [6, 6.07) is 0. The zero-order valence-electron chi connectivity index (χ0n) is 12.0. The number of ether oxygens (including phenoxy) is 1. The van der Waals surface area contributed by atoms with E-state index in [2.05, 4.69) is 10.1 Å². The molecule has 2 atom stereocenters. The van der Waals surface area contributed by atoms with Gasteiger partial charge in [0.25, 0.3) is 0 Å². The minimum absolute atomic E-state index is 0.0282. The molecule has 1 aromatic rings. The number of carbonyl (C=O) groups is 1. The van der Waals surface area contributed by atoms with E-state index in [1.165, 1.54) is 12.8 Å². The smallest absolute Gasteiger partial charge is 0.227 e. The molecule has 0 saturated heterocycles. The first-order valence-corrected chi connectivity index (χ1v) is 7.74. The summed E-state index contributed by atoms with van der Waals surface area (Å²) in [4.78, 5) is 16.3. The Hall–Kier alpha value is -1.23. The quantitative estimate of drug-likeness (QED) is 0.800. The number of ketones is 1. The van der Waals surface area contributed by atoms with Crippen LogP contribution in [-0.2, 0) is 16.0 Å². The van der Waals surface area contributed by atoms with Crippen molar-refractivity contribution in [2.24, 2.45) is 11.8 Å². The van der Waals surface area contributed by atoms with Gasteiger partial charge in [-0.2, -0.15) is 4.98 Å². The van der Waals surface area contributed by atoms with Crippen molar-refractivity contribution in [1.29, 1.82) is 0 Å². The molecule has 0 aromatic carbocycles. The van der Waals surface area contributed by atoms with Crippen LogP contribution >= 0.6 is 0 Å². The highest BCUT2D eigenvalue weighted by atomic mass is 16.5. The van der Waals surface area contributed by atoms with Crippen LogP contribution in [0.4, 0.5) is 0 Å². The monoisotopic (exact) mass is 278 g/mol. The third kappa shape index (κ3) is 3.08. The van der Waals surface area contributed by atoms with Gasteiger partial charge in [0, 0.05) is 25.4 Å². The maximum absolute atomic E-state index is 11.8. The molecule has 1 heterocycles. The summed E-state index contributed by atoms with van der Waals surface area (Å²) >= 11 is 0. The second kappa shape index (κ2) is 6.04. The summed E-state index contributed by atoms with van der Waals surface area (Å²) in [5.41, 5.74) is 0. The summed E-state index contributed by atoms with van der Waals surface area (Å²) in [6.07, 6.45) is 6.73. The fourth-order valence-electron chi connectivity index (χ4n) is 2.95. The molecule has 2 fully saturated rings. The van der Waals surface area contributed by atoms with Crippen molar-refractivity contribution in [3.05, 3.63) is 11.7 Å². The Kier molecular flexibility index (Phi) is 4.15. The van der Waals surface area contributed by atoms with Crippen molar-refractivity contribution in [3.63, 3.8) is 0 Å². The van der Waals surface area contributed by atoms with Crippen LogP contribution in [0.2, 0.25) is 0 Å². The van der Waals surface area contributed by atoms with Crippen molar-refractivity contribution < 1.29 is 14.1 Å². The predicted molar refractivity (Wildman–Crippen MR) is 72.1 cm³/mol. The number of rotatable bonds is 6. The van der Waals surface area contributed by atoms with Crippen LogP contribution in [0.25, 0.3) is 0 Å². The minimum Gasteiger partial charge on any atom is -0.370 e. The second-order valence-electron chi connectivity index (χ2n) is 5.87. The average Bonchev–Trinajstić information content (AvgIpc) is 3.18. The van der Waals surface area contributed by atoms with Gasteiger partial charge in [-0.25, -0.2) is 0 Å². The van der Waals surface area contributed by atoms with Crippen molar-refractivity contribution in [2.45, 2.75) is 58.0 Å². The molecular weight excluding hydrogens is 256 g/mol.